The van der Waals surface area contributed by atoms with E-state index in [1.165, 1.54) is 0 Å². The summed E-state index contributed by atoms with van der Waals surface area (Å²) in [7, 11) is 0. The average Bonchev–Trinajstić information content (AvgIpc) is 2.28. The van der Waals surface area contributed by atoms with Crippen LogP contribution in [0, 0.1) is 0 Å². The van der Waals surface area contributed by atoms with Crippen LogP contribution in [0.15, 0.2) is 0 Å². The summed E-state index contributed by atoms with van der Waals surface area (Å²) in [5, 5.41) is 1.98. The van der Waals surface area contributed by atoms with Crippen molar-refractivity contribution in [3.05, 3.63) is 0 Å². The van der Waals surface area contributed by atoms with Gasteiger partial charge in [-0.25, -0.2) is 4.79 Å². The quantitative estimate of drug-likeness (QED) is 0.649. The van der Waals surface area contributed by atoms with Gasteiger partial charge in [0.05, 0.1) is 13.2 Å². The summed E-state index contributed by atoms with van der Waals surface area (Å²) in [5.74, 6) is 0.572. The number of esters is 1. The monoisotopic (exact) mass is 275 g/mol. The van der Waals surface area contributed by atoms with Crippen LogP contribution in [0.1, 0.15) is 6.92 Å². The molecule has 7 nitrogen and oxygen atoms in total. The van der Waals surface area contributed by atoms with Gasteiger partial charge in [0.25, 0.3) is 0 Å². The zero-order valence-electron chi connectivity index (χ0n) is 10.2. The van der Waals surface area contributed by atoms with Crippen molar-refractivity contribution >= 4 is 29.7 Å². The van der Waals surface area contributed by atoms with Crippen LogP contribution in [0.25, 0.3) is 0 Å². The largest absolute Gasteiger partial charge is 0.465 e. The van der Waals surface area contributed by atoms with Gasteiger partial charge in [-0.2, -0.15) is 11.8 Å². The SMILES string of the molecule is CCOC(=O)C1CSCCN1CC(=O)NC(N)=O. The molecule has 0 aromatic carbocycles. The van der Waals surface area contributed by atoms with Gasteiger partial charge in [0.1, 0.15) is 6.04 Å². The lowest BCUT2D eigenvalue weighted by atomic mass is 10.2. The predicted molar refractivity (Wildman–Crippen MR) is 67.0 cm³/mol. The molecule has 0 radical (unpaired) electrons. The van der Waals surface area contributed by atoms with Crippen LogP contribution in [-0.2, 0) is 14.3 Å². The molecule has 0 saturated carbocycles. The van der Waals surface area contributed by atoms with Crippen molar-refractivity contribution in [3.63, 3.8) is 0 Å². The topological polar surface area (TPSA) is 102 Å². The summed E-state index contributed by atoms with van der Waals surface area (Å²) in [6.45, 7) is 2.60. The highest BCUT2D eigenvalue weighted by atomic mass is 32.2. The summed E-state index contributed by atoms with van der Waals surface area (Å²) in [6.07, 6.45) is 0. The molecule has 1 aliphatic rings. The Morgan fingerprint density at radius 2 is 2.22 bits per heavy atom. The molecule has 1 unspecified atom stereocenters. The minimum absolute atomic E-state index is 0.0347. The van der Waals surface area contributed by atoms with Crippen molar-refractivity contribution in [3.8, 4) is 0 Å². The Morgan fingerprint density at radius 3 is 2.83 bits per heavy atom. The second-order valence-corrected chi connectivity index (χ2v) is 4.88. The Bertz CT molecular complexity index is 337. The van der Waals surface area contributed by atoms with E-state index in [1.54, 1.807) is 23.6 Å². The number of hydrogen-bond acceptors (Lipinski definition) is 6. The van der Waals surface area contributed by atoms with Gasteiger partial charge in [-0.1, -0.05) is 0 Å². The van der Waals surface area contributed by atoms with Gasteiger partial charge in [-0.3, -0.25) is 19.8 Å². The Morgan fingerprint density at radius 1 is 1.50 bits per heavy atom. The molecule has 3 amide bonds. The standard InChI is InChI=1S/C10H17N3O4S/c1-2-17-9(15)7-6-18-4-3-13(7)5-8(14)12-10(11)16/h7H,2-6H2,1H3,(H3,11,12,14,16). The third-order valence-electron chi connectivity index (χ3n) is 2.41. The van der Waals surface area contributed by atoms with Gasteiger partial charge in [0.15, 0.2) is 0 Å². The highest BCUT2D eigenvalue weighted by molar-refractivity contribution is 7.99. The molecular weight excluding hydrogens is 258 g/mol. The number of urea groups is 1. The van der Waals surface area contributed by atoms with Crippen LogP contribution in [0.3, 0.4) is 0 Å². The Balaban J connectivity index is 2.56. The third-order valence-corrected chi connectivity index (χ3v) is 3.43. The maximum atomic E-state index is 11.7. The van der Waals surface area contributed by atoms with Crippen LogP contribution >= 0.6 is 11.8 Å². The van der Waals surface area contributed by atoms with E-state index in [0.717, 1.165) is 5.75 Å². The Labute approximate surface area is 109 Å². The molecule has 0 bridgehead atoms. The van der Waals surface area contributed by atoms with Crippen LogP contribution in [0.2, 0.25) is 0 Å². The number of imide groups is 1. The molecule has 1 rings (SSSR count). The van der Waals surface area contributed by atoms with Gasteiger partial charge in [0, 0.05) is 18.1 Å². The van der Waals surface area contributed by atoms with Crippen molar-refractivity contribution in [2.24, 2.45) is 5.73 Å². The first-order valence-corrected chi connectivity index (χ1v) is 6.77. The van der Waals surface area contributed by atoms with E-state index in [9.17, 15) is 14.4 Å². The van der Waals surface area contributed by atoms with Crippen LogP contribution in [-0.4, -0.2) is 60.1 Å². The zero-order valence-corrected chi connectivity index (χ0v) is 11.0. The highest BCUT2D eigenvalue weighted by Gasteiger charge is 2.31. The molecule has 8 heteroatoms. The molecule has 3 N–H and O–H groups in total. The van der Waals surface area contributed by atoms with Crippen molar-refractivity contribution in [2.45, 2.75) is 13.0 Å². The molecule has 1 heterocycles. The lowest BCUT2D eigenvalue weighted by molar-refractivity contribution is -0.149. The van der Waals surface area contributed by atoms with Gasteiger partial charge in [-0.05, 0) is 6.92 Å². The van der Waals surface area contributed by atoms with Crippen LogP contribution < -0.4 is 11.1 Å². The maximum absolute atomic E-state index is 11.7. The third kappa shape index (κ3) is 4.53. The number of nitrogens with zero attached hydrogens (tertiary/aromatic N) is 1. The first kappa shape index (κ1) is 14.8. The number of ether oxygens (including phenoxy) is 1. The van der Waals surface area contributed by atoms with E-state index >= 15 is 0 Å². The fourth-order valence-electron chi connectivity index (χ4n) is 1.64. The number of nitrogens with two attached hydrogens (primary N) is 1. The first-order chi connectivity index (χ1) is 8.54. The predicted octanol–water partition coefficient (Wildman–Crippen LogP) is -0.838. The van der Waals surface area contributed by atoms with Crippen molar-refractivity contribution in [1.29, 1.82) is 0 Å². The lowest BCUT2D eigenvalue weighted by Gasteiger charge is -2.32. The van der Waals surface area contributed by atoms with Gasteiger partial charge in [0.2, 0.25) is 5.91 Å². The lowest BCUT2D eigenvalue weighted by Crippen LogP contribution is -2.52. The van der Waals surface area contributed by atoms with Gasteiger partial charge < -0.3 is 10.5 Å². The molecule has 102 valence electrons. The minimum Gasteiger partial charge on any atom is -0.465 e. The number of amides is 3. The Kier molecular flexibility index (Phi) is 5.93. The fraction of sp³-hybridized carbons (Fsp3) is 0.700. The van der Waals surface area contributed by atoms with E-state index in [-0.39, 0.29) is 12.5 Å². The number of nitrogens with one attached hydrogen (secondary N) is 1. The summed E-state index contributed by atoms with van der Waals surface area (Å²) in [5.41, 5.74) is 4.86. The Hall–Kier alpha value is -1.28. The average molecular weight is 275 g/mol. The van der Waals surface area contributed by atoms with E-state index in [0.29, 0.717) is 18.9 Å². The van der Waals surface area contributed by atoms with Gasteiger partial charge >= 0.3 is 12.0 Å². The van der Waals surface area contributed by atoms with Crippen molar-refractivity contribution in [1.82, 2.24) is 10.2 Å². The number of primary amides is 1. The maximum Gasteiger partial charge on any atom is 0.324 e. The smallest absolute Gasteiger partial charge is 0.324 e. The molecule has 1 saturated heterocycles. The number of carbonyl (C=O) groups excluding carboxylic acids is 3. The molecule has 0 spiro atoms. The van der Waals surface area contributed by atoms with Crippen molar-refractivity contribution < 1.29 is 19.1 Å². The summed E-state index contributed by atoms with van der Waals surface area (Å²) < 4.78 is 4.96. The number of carbonyl (C=O) groups is 3. The van der Waals surface area contributed by atoms with E-state index in [1.807, 2.05) is 5.32 Å². The molecule has 0 aromatic rings. The molecule has 1 fully saturated rings. The highest BCUT2D eigenvalue weighted by Crippen LogP contribution is 2.17. The molecule has 0 aromatic heterocycles. The van der Waals surface area contributed by atoms with E-state index < -0.39 is 18.0 Å². The molecular formula is C10H17N3O4S. The summed E-state index contributed by atoms with van der Waals surface area (Å²) in [4.78, 5) is 35.4. The molecule has 18 heavy (non-hydrogen) atoms. The summed E-state index contributed by atoms with van der Waals surface area (Å²) >= 11 is 1.64. The van der Waals surface area contributed by atoms with Gasteiger partial charge in [-0.15, -0.1) is 0 Å². The number of hydrogen-bond donors (Lipinski definition) is 2. The summed E-state index contributed by atoms with van der Waals surface area (Å²) in [6, 6.07) is -1.33. The molecule has 0 aliphatic carbocycles. The minimum atomic E-state index is -0.890. The fourth-order valence-corrected chi connectivity index (χ4v) is 2.74. The molecule has 1 aliphatic heterocycles. The molecule has 1 atom stereocenters. The van der Waals surface area contributed by atoms with E-state index in [4.69, 9.17) is 10.5 Å². The van der Waals surface area contributed by atoms with E-state index in [2.05, 4.69) is 0 Å². The van der Waals surface area contributed by atoms with Crippen LogP contribution in [0.5, 0.6) is 0 Å². The number of thioether (sulfide) groups is 1. The second kappa shape index (κ2) is 7.22. The first-order valence-electron chi connectivity index (χ1n) is 5.62. The number of rotatable bonds is 4. The normalized spacial score (nSPS) is 20.2. The van der Waals surface area contributed by atoms with Crippen LogP contribution in [0.4, 0.5) is 4.79 Å². The zero-order chi connectivity index (χ0) is 13.5. The second-order valence-electron chi connectivity index (χ2n) is 3.73. The van der Waals surface area contributed by atoms with Crippen molar-refractivity contribution in [2.75, 3.05) is 31.2 Å².